The van der Waals surface area contributed by atoms with Crippen LogP contribution >= 0.6 is 0 Å². The average molecular weight is 444 g/mol. The molecule has 4 heterocycles. The summed E-state index contributed by atoms with van der Waals surface area (Å²) < 4.78 is 5.36. The van der Waals surface area contributed by atoms with Gasteiger partial charge >= 0.3 is 0 Å². The summed E-state index contributed by atoms with van der Waals surface area (Å²) in [6.07, 6.45) is 3.57. The molecule has 34 heavy (non-hydrogen) atoms. The molecule has 0 radical (unpaired) electrons. The fraction of sp³-hybridized carbons (Fsp3) is 0.111. The molecule has 0 spiro atoms. The van der Waals surface area contributed by atoms with E-state index in [-0.39, 0.29) is 0 Å². The minimum absolute atomic E-state index is 0.680. The second-order valence-electron chi connectivity index (χ2n) is 8.06. The summed E-state index contributed by atoms with van der Waals surface area (Å²) >= 11 is 0. The van der Waals surface area contributed by atoms with Gasteiger partial charge in [-0.05, 0) is 65.6 Å². The molecule has 2 aromatic carbocycles. The van der Waals surface area contributed by atoms with Crippen molar-refractivity contribution in [3.05, 3.63) is 95.4 Å². The number of pyridine rings is 1. The van der Waals surface area contributed by atoms with Gasteiger partial charge in [-0.3, -0.25) is 5.10 Å². The van der Waals surface area contributed by atoms with E-state index >= 15 is 0 Å². The van der Waals surface area contributed by atoms with Crippen LogP contribution in [0.5, 0.6) is 5.75 Å². The number of anilines is 1. The minimum Gasteiger partial charge on any atom is -0.497 e. The Morgan fingerprint density at radius 3 is 2.76 bits per heavy atom. The van der Waals surface area contributed by atoms with Crippen LogP contribution in [-0.4, -0.2) is 32.3 Å². The van der Waals surface area contributed by atoms with E-state index in [0.717, 1.165) is 46.7 Å². The van der Waals surface area contributed by atoms with Crippen molar-refractivity contribution >= 4 is 16.9 Å². The third kappa shape index (κ3) is 3.82. The SMILES string of the molecule is COc1ccc2c(c1)CN(c1nccc(-c3cccc(C#Cc4ccc5[nH]ncc5c4)n3)n1)C2. The molecule has 0 fully saturated rings. The van der Waals surface area contributed by atoms with E-state index in [0.29, 0.717) is 11.6 Å². The molecule has 7 heteroatoms. The monoisotopic (exact) mass is 444 g/mol. The Bertz CT molecular complexity index is 1580. The summed E-state index contributed by atoms with van der Waals surface area (Å²) in [6, 6.07) is 19.8. The van der Waals surface area contributed by atoms with Gasteiger partial charge in [0.25, 0.3) is 0 Å². The van der Waals surface area contributed by atoms with Crippen molar-refractivity contribution in [1.29, 1.82) is 0 Å². The number of methoxy groups -OCH3 is 1. The van der Waals surface area contributed by atoms with Crippen LogP contribution in [0.15, 0.2) is 73.1 Å². The second kappa shape index (κ2) is 8.34. The van der Waals surface area contributed by atoms with Crippen molar-refractivity contribution in [1.82, 2.24) is 25.1 Å². The van der Waals surface area contributed by atoms with Gasteiger partial charge in [0, 0.05) is 30.2 Å². The highest BCUT2D eigenvalue weighted by atomic mass is 16.5. The summed E-state index contributed by atoms with van der Waals surface area (Å²) in [5.74, 6) is 7.90. The summed E-state index contributed by atoms with van der Waals surface area (Å²) in [4.78, 5) is 16.2. The Morgan fingerprint density at radius 1 is 0.912 bits per heavy atom. The lowest BCUT2D eigenvalue weighted by Gasteiger charge is -2.15. The maximum Gasteiger partial charge on any atom is 0.226 e. The number of nitrogens with zero attached hydrogens (tertiary/aromatic N) is 5. The Hall–Kier alpha value is -4.70. The molecule has 0 amide bonds. The van der Waals surface area contributed by atoms with Crippen LogP contribution in [-0.2, 0) is 13.1 Å². The zero-order valence-corrected chi connectivity index (χ0v) is 18.5. The molecular formula is C27H20N6O. The highest BCUT2D eigenvalue weighted by Gasteiger charge is 2.22. The van der Waals surface area contributed by atoms with Gasteiger partial charge in [0.15, 0.2) is 0 Å². The smallest absolute Gasteiger partial charge is 0.226 e. The Balaban J connectivity index is 1.25. The van der Waals surface area contributed by atoms with Gasteiger partial charge in [0.1, 0.15) is 11.4 Å². The van der Waals surface area contributed by atoms with Crippen molar-refractivity contribution in [2.75, 3.05) is 12.0 Å². The van der Waals surface area contributed by atoms with E-state index in [9.17, 15) is 0 Å². The molecule has 1 aliphatic heterocycles. The first-order chi connectivity index (χ1) is 16.7. The molecule has 0 aliphatic carbocycles. The largest absolute Gasteiger partial charge is 0.497 e. The number of nitrogens with one attached hydrogen (secondary N) is 1. The van der Waals surface area contributed by atoms with Gasteiger partial charge in [-0.1, -0.05) is 18.1 Å². The van der Waals surface area contributed by atoms with Crippen molar-refractivity contribution in [2.24, 2.45) is 0 Å². The first-order valence-corrected chi connectivity index (χ1v) is 10.9. The topological polar surface area (TPSA) is 79.8 Å². The molecule has 164 valence electrons. The summed E-state index contributed by atoms with van der Waals surface area (Å²) in [6.45, 7) is 1.51. The van der Waals surface area contributed by atoms with Gasteiger partial charge in [-0.15, -0.1) is 0 Å². The maximum atomic E-state index is 5.36. The highest BCUT2D eigenvalue weighted by molar-refractivity contribution is 5.79. The number of aromatic nitrogens is 5. The molecule has 1 N–H and O–H groups in total. The third-order valence-corrected chi connectivity index (χ3v) is 5.85. The van der Waals surface area contributed by atoms with Crippen LogP contribution in [0.25, 0.3) is 22.3 Å². The molecular weight excluding hydrogens is 424 g/mol. The second-order valence-corrected chi connectivity index (χ2v) is 8.06. The van der Waals surface area contributed by atoms with Gasteiger partial charge in [0.2, 0.25) is 5.95 Å². The third-order valence-electron chi connectivity index (χ3n) is 5.85. The Labute approximate surface area is 196 Å². The van der Waals surface area contributed by atoms with Gasteiger partial charge in [-0.2, -0.15) is 5.10 Å². The highest BCUT2D eigenvalue weighted by Crippen LogP contribution is 2.29. The molecule has 3 aromatic heterocycles. The van der Waals surface area contributed by atoms with Crippen molar-refractivity contribution in [2.45, 2.75) is 13.1 Å². The van der Waals surface area contributed by atoms with Crippen molar-refractivity contribution < 1.29 is 4.74 Å². The standard InChI is InChI=1S/C27H20N6O/c1-34-23-9-7-19-16-33(17-21(19)14-23)27-28-12-11-26(31-27)25-4-2-3-22(30-25)8-5-18-6-10-24-20(13-18)15-29-32-24/h2-4,6-7,9-15H,16-17H2,1H3,(H,29,32). The van der Waals surface area contributed by atoms with E-state index in [2.05, 4.69) is 44.1 Å². The lowest BCUT2D eigenvalue weighted by molar-refractivity contribution is 0.414. The number of hydrogen-bond donors (Lipinski definition) is 1. The number of rotatable bonds is 3. The average Bonchev–Trinajstić information content (AvgIpc) is 3.54. The molecule has 0 saturated carbocycles. The van der Waals surface area contributed by atoms with Crippen molar-refractivity contribution in [3.8, 4) is 29.0 Å². The molecule has 1 aliphatic rings. The molecule has 0 saturated heterocycles. The van der Waals surface area contributed by atoms with Crippen LogP contribution in [0.4, 0.5) is 5.95 Å². The van der Waals surface area contributed by atoms with Crippen LogP contribution < -0.4 is 9.64 Å². The van der Waals surface area contributed by atoms with Gasteiger partial charge in [-0.25, -0.2) is 15.0 Å². The fourth-order valence-corrected chi connectivity index (χ4v) is 4.09. The first kappa shape index (κ1) is 19.9. The molecule has 5 aromatic rings. The number of benzene rings is 2. The quantitative estimate of drug-likeness (QED) is 0.417. The normalized spacial score (nSPS) is 12.3. The minimum atomic E-state index is 0.680. The number of ether oxygens (including phenoxy) is 1. The van der Waals surface area contributed by atoms with E-state index in [4.69, 9.17) is 14.7 Å². The van der Waals surface area contributed by atoms with Gasteiger partial charge in [0.05, 0.1) is 30.2 Å². The fourth-order valence-electron chi connectivity index (χ4n) is 4.09. The van der Waals surface area contributed by atoms with Gasteiger partial charge < -0.3 is 9.64 Å². The number of hydrogen-bond acceptors (Lipinski definition) is 6. The van der Waals surface area contributed by atoms with E-state index < -0.39 is 0 Å². The van der Waals surface area contributed by atoms with Crippen molar-refractivity contribution in [3.63, 3.8) is 0 Å². The number of aromatic amines is 1. The zero-order chi connectivity index (χ0) is 22.9. The summed E-state index contributed by atoms with van der Waals surface area (Å²) in [5, 5.41) is 8.04. The molecule has 7 nitrogen and oxygen atoms in total. The maximum absolute atomic E-state index is 5.36. The summed E-state index contributed by atoms with van der Waals surface area (Å²) in [7, 11) is 1.69. The lowest BCUT2D eigenvalue weighted by atomic mass is 10.1. The number of fused-ring (bicyclic) bond motifs is 2. The van der Waals surface area contributed by atoms with E-state index in [1.807, 2.05) is 48.5 Å². The molecule has 6 rings (SSSR count). The lowest BCUT2D eigenvalue weighted by Crippen LogP contribution is -2.17. The van der Waals surface area contributed by atoms with E-state index in [1.165, 1.54) is 11.1 Å². The molecule has 0 bridgehead atoms. The van der Waals surface area contributed by atoms with Crippen LogP contribution in [0, 0.1) is 11.8 Å². The summed E-state index contributed by atoms with van der Waals surface area (Å²) in [5.41, 5.74) is 6.61. The predicted octanol–water partition coefficient (Wildman–Crippen LogP) is 4.34. The number of H-pyrrole nitrogens is 1. The van der Waals surface area contributed by atoms with E-state index in [1.54, 1.807) is 19.5 Å². The Morgan fingerprint density at radius 2 is 1.82 bits per heavy atom. The van der Waals surface area contributed by atoms with Crippen LogP contribution in [0.3, 0.4) is 0 Å². The Kier molecular flexibility index (Phi) is 4.89. The van der Waals surface area contributed by atoms with Crippen LogP contribution in [0.2, 0.25) is 0 Å². The molecule has 0 unspecified atom stereocenters. The zero-order valence-electron chi connectivity index (χ0n) is 18.5. The predicted molar refractivity (Wildman–Crippen MR) is 130 cm³/mol. The van der Waals surface area contributed by atoms with Crippen LogP contribution in [0.1, 0.15) is 22.4 Å². The molecule has 0 atom stereocenters. The first-order valence-electron chi connectivity index (χ1n) is 10.9.